The van der Waals surface area contributed by atoms with Gasteiger partial charge in [-0.1, -0.05) is 17.8 Å². The lowest BCUT2D eigenvalue weighted by Crippen LogP contribution is -2.51. The maximum absolute atomic E-state index is 4.15. The molecule has 1 aliphatic heterocycles. The van der Waals surface area contributed by atoms with E-state index in [1.807, 2.05) is 0 Å². The quantitative estimate of drug-likeness (QED) is 0.791. The summed E-state index contributed by atoms with van der Waals surface area (Å²) in [4.78, 5) is 2.58. The molecule has 0 N–H and O–H groups in total. The molecule has 1 spiro atoms. The number of piperidine rings is 1. The van der Waals surface area contributed by atoms with Crippen molar-refractivity contribution in [2.75, 3.05) is 13.1 Å². The second-order valence-corrected chi connectivity index (χ2v) is 6.12. The van der Waals surface area contributed by atoms with E-state index in [1.54, 1.807) is 0 Å². The summed E-state index contributed by atoms with van der Waals surface area (Å²) in [5.41, 5.74) is 1.80. The predicted molar refractivity (Wildman–Crippen MR) is 65.3 cm³/mol. The van der Waals surface area contributed by atoms with E-state index in [0.717, 1.165) is 18.2 Å². The minimum absolute atomic E-state index is 0.654. The number of hydrogen-bond acceptors (Lipinski definition) is 4. The van der Waals surface area contributed by atoms with Gasteiger partial charge in [-0.15, -0.1) is 5.10 Å². The van der Waals surface area contributed by atoms with Gasteiger partial charge < -0.3 is 0 Å². The van der Waals surface area contributed by atoms with E-state index >= 15 is 0 Å². The van der Waals surface area contributed by atoms with E-state index in [-0.39, 0.29) is 0 Å². The van der Waals surface area contributed by atoms with Crippen LogP contribution in [0.15, 0.2) is 5.38 Å². The van der Waals surface area contributed by atoms with Crippen molar-refractivity contribution < 1.29 is 0 Å². The highest BCUT2D eigenvalue weighted by atomic mass is 32.1. The summed E-state index contributed by atoms with van der Waals surface area (Å²) in [5, 5.41) is 6.22. The van der Waals surface area contributed by atoms with Crippen molar-refractivity contribution in [3.05, 3.63) is 11.1 Å². The third kappa shape index (κ3) is 1.78. The van der Waals surface area contributed by atoms with E-state index in [9.17, 15) is 0 Å². The van der Waals surface area contributed by atoms with Crippen LogP contribution in [0.2, 0.25) is 0 Å². The van der Waals surface area contributed by atoms with Crippen molar-refractivity contribution in [2.24, 2.45) is 11.3 Å². The Morgan fingerprint density at radius 1 is 1.56 bits per heavy atom. The molecule has 1 aliphatic carbocycles. The number of likely N-dealkylation sites (tertiary alicyclic amines) is 1. The second-order valence-electron chi connectivity index (χ2n) is 5.51. The van der Waals surface area contributed by atoms with Crippen LogP contribution < -0.4 is 0 Å². The SMILES string of the molecule is CC1CCN(Cc2csnn2)CC12CCC2. The molecule has 2 heterocycles. The van der Waals surface area contributed by atoms with Gasteiger partial charge in [0.2, 0.25) is 0 Å². The molecular formula is C12H19N3S. The molecule has 0 aromatic carbocycles. The standard InChI is InChI=1S/C12H19N3S/c1-10-3-6-15(7-11-8-16-14-13-11)9-12(10)4-2-5-12/h8,10H,2-7,9H2,1H3. The van der Waals surface area contributed by atoms with Gasteiger partial charge in [0, 0.05) is 18.5 Å². The lowest BCUT2D eigenvalue weighted by atomic mass is 9.59. The fourth-order valence-corrected chi connectivity index (χ4v) is 3.70. The van der Waals surface area contributed by atoms with E-state index in [1.165, 1.54) is 50.3 Å². The molecule has 1 saturated heterocycles. The van der Waals surface area contributed by atoms with Gasteiger partial charge >= 0.3 is 0 Å². The third-order valence-electron chi connectivity index (χ3n) is 4.60. The molecule has 1 saturated carbocycles. The lowest BCUT2D eigenvalue weighted by Gasteiger charge is -2.53. The van der Waals surface area contributed by atoms with E-state index in [2.05, 4.69) is 26.8 Å². The summed E-state index contributed by atoms with van der Waals surface area (Å²) < 4.78 is 3.94. The molecule has 1 aromatic heterocycles. The van der Waals surface area contributed by atoms with Crippen LogP contribution in [0.3, 0.4) is 0 Å². The molecule has 4 heteroatoms. The van der Waals surface area contributed by atoms with Crippen LogP contribution in [0.4, 0.5) is 0 Å². The van der Waals surface area contributed by atoms with Crippen LogP contribution in [-0.4, -0.2) is 27.6 Å². The molecule has 88 valence electrons. The Labute approximate surface area is 101 Å². The highest BCUT2D eigenvalue weighted by Crippen LogP contribution is 2.50. The molecule has 1 unspecified atom stereocenters. The number of nitrogens with zero attached hydrogens (tertiary/aromatic N) is 3. The number of rotatable bonds is 2. The molecule has 2 aliphatic rings. The minimum Gasteiger partial charge on any atom is -0.297 e. The summed E-state index contributed by atoms with van der Waals surface area (Å²) in [6.07, 6.45) is 5.69. The minimum atomic E-state index is 0.654. The van der Waals surface area contributed by atoms with Crippen molar-refractivity contribution in [1.82, 2.24) is 14.5 Å². The van der Waals surface area contributed by atoms with Gasteiger partial charge in [0.05, 0.1) is 5.69 Å². The molecule has 0 bridgehead atoms. The van der Waals surface area contributed by atoms with Crippen LogP contribution in [0.25, 0.3) is 0 Å². The van der Waals surface area contributed by atoms with Crippen molar-refractivity contribution in [3.63, 3.8) is 0 Å². The van der Waals surface area contributed by atoms with Crippen LogP contribution in [0.1, 0.15) is 38.3 Å². The fourth-order valence-electron chi connectivity index (χ4n) is 3.26. The van der Waals surface area contributed by atoms with Gasteiger partial charge in [0.15, 0.2) is 0 Å². The van der Waals surface area contributed by atoms with E-state index < -0.39 is 0 Å². The first-order valence-corrected chi connectivity index (χ1v) is 7.10. The second kappa shape index (κ2) is 4.08. The first kappa shape index (κ1) is 10.7. The average Bonchev–Trinajstić information content (AvgIpc) is 2.71. The normalized spacial score (nSPS) is 29.2. The maximum atomic E-state index is 4.15. The molecular weight excluding hydrogens is 218 g/mol. The number of aromatic nitrogens is 2. The first-order chi connectivity index (χ1) is 7.78. The van der Waals surface area contributed by atoms with Crippen molar-refractivity contribution in [2.45, 2.75) is 39.2 Å². The maximum Gasteiger partial charge on any atom is 0.0895 e. The molecule has 3 nitrogen and oxygen atoms in total. The molecule has 1 aromatic rings. The summed E-state index contributed by atoms with van der Waals surface area (Å²) in [7, 11) is 0. The van der Waals surface area contributed by atoms with Crippen molar-refractivity contribution in [1.29, 1.82) is 0 Å². The number of hydrogen-bond donors (Lipinski definition) is 0. The zero-order valence-corrected chi connectivity index (χ0v) is 10.7. The Kier molecular flexibility index (Phi) is 2.72. The van der Waals surface area contributed by atoms with E-state index in [4.69, 9.17) is 0 Å². The average molecular weight is 237 g/mol. The lowest BCUT2D eigenvalue weighted by molar-refractivity contribution is -0.0316. The third-order valence-corrected chi connectivity index (χ3v) is 5.16. The molecule has 3 rings (SSSR count). The zero-order valence-electron chi connectivity index (χ0n) is 9.85. The summed E-state index contributed by atoms with van der Waals surface area (Å²) in [5.74, 6) is 0.922. The summed E-state index contributed by atoms with van der Waals surface area (Å²) in [6.45, 7) is 5.97. The van der Waals surface area contributed by atoms with E-state index in [0.29, 0.717) is 5.41 Å². The molecule has 2 fully saturated rings. The van der Waals surface area contributed by atoms with Crippen LogP contribution in [-0.2, 0) is 6.54 Å². The van der Waals surface area contributed by atoms with Gasteiger partial charge in [-0.25, -0.2) is 0 Å². The summed E-state index contributed by atoms with van der Waals surface area (Å²) in [6, 6.07) is 0. The zero-order chi connectivity index (χ0) is 11.0. The smallest absolute Gasteiger partial charge is 0.0895 e. The van der Waals surface area contributed by atoms with Crippen LogP contribution in [0.5, 0.6) is 0 Å². The fraction of sp³-hybridized carbons (Fsp3) is 0.833. The van der Waals surface area contributed by atoms with Crippen molar-refractivity contribution >= 4 is 11.5 Å². The monoisotopic (exact) mass is 237 g/mol. The largest absolute Gasteiger partial charge is 0.297 e. The molecule has 0 amide bonds. The van der Waals surface area contributed by atoms with Gasteiger partial charge in [-0.3, -0.25) is 4.90 Å². The van der Waals surface area contributed by atoms with Gasteiger partial charge in [0.1, 0.15) is 0 Å². The Morgan fingerprint density at radius 2 is 2.44 bits per heavy atom. The first-order valence-electron chi connectivity index (χ1n) is 6.27. The molecule has 1 atom stereocenters. The highest BCUT2D eigenvalue weighted by molar-refractivity contribution is 7.03. The van der Waals surface area contributed by atoms with Gasteiger partial charge in [0.25, 0.3) is 0 Å². The van der Waals surface area contributed by atoms with Crippen LogP contribution in [0, 0.1) is 11.3 Å². The molecule has 0 radical (unpaired) electrons. The Balaban J connectivity index is 1.65. The van der Waals surface area contributed by atoms with Gasteiger partial charge in [-0.05, 0) is 48.7 Å². The van der Waals surface area contributed by atoms with Crippen LogP contribution >= 0.6 is 11.5 Å². The summed E-state index contributed by atoms with van der Waals surface area (Å²) >= 11 is 1.46. The van der Waals surface area contributed by atoms with Crippen molar-refractivity contribution in [3.8, 4) is 0 Å². The van der Waals surface area contributed by atoms with Gasteiger partial charge in [-0.2, -0.15) is 0 Å². The molecule has 16 heavy (non-hydrogen) atoms. The Morgan fingerprint density at radius 3 is 3.06 bits per heavy atom. The Hall–Kier alpha value is -0.480. The highest BCUT2D eigenvalue weighted by Gasteiger charge is 2.45. The Bertz CT molecular complexity index is 345. The topological polar surface area (TPSA) is 29.0 Å². The predicted octanol–water partition coefficient (Wildman–Crippen LogP) is 2.55.